The lowest BCUT2D eigenvalue weighted by molar-refractivity contribution is -0.124. The highest BCUT2D eigenvalue weighted by molar-refractivity contribution is 6.42. The molecule has 2 aliphatic rings. The molecular formula is C15H20Cl2N4O. The van der Waals surface area contributed by atoms with Crippen LogP contribution in [0.3, 0.4) is 0 Å². The number of nitrogens with one attached hydrogen (secondary N) is 4. The van der Waals surface area contributed by atoms with Crippen molar-refractivity contribution in [1.82, 2.24) is 21.5 Å². The largest absolute Gasteiger partial charge is 0.348 e. The first-order valence-electron chi connectivity index (χ1n) is 7.54. The third kappa shape index (κ3) is 3.09. The maximum absolute atomic E-state index is 12.6. The third-order valence-corrected chi connectivity index (χ3v) is 5.30. The molecule has 0 radical (unpaired) electrons. The zero-order valence-corrected chi connectivity index (χ0v) is 13.8. The van der Waals surface area contributed by atoms with E-state index in [0.29, 0.717) is 16.1 Å². The lowest BCUT2D eigenvalue weighted by Crippen LogP contribution is -2.49. The Morgan fingerprint density at radius 2 is 2.18 bits per heavy atom. The Balaban J connectivity index is 1.67. The molecule has 22 heavy (non-hydrogen) atoms. The number of fused-ring (bicyclic) bond motifs is 1. The van der Waals surface area contributed by atoms with E-state index >= 15 is 0 Å². The topological polar surface area (TPSA) is 65.2 Å². The van der Waals surface area contributed by atoms with Crippen molar-refractivity contribution in [1.29, 1.82) is 0 Å². The van der Waals surface area contributed by atoms with Crippen LogP contribution in [0.4, 0.5) is 0 Å². The predicted octanol–water partition coefficient (Wildman–Crippen LogP) is 1.63. The van der Waals surface area contributed by atoms with Crippen LogP contribution in [0.1, 0.15) is 24.9 Å². The molecule has 2 fully saturated rings. The van der Waals surface area contributed by atoms with Crippen LogP contribution in [0.25, 0.3) is 0 Å². The van der Waals surface area contributed by atoms with Gasteiger partial charge in [-0.1, -0.05) is 35.3 Å². The SMILES string of the molecule is CC(NC(=O)C1NNC2CCNCC21)c1cccc(Cl)c1Cl. The average molecular weight is 343 g/mol. The number of carbonyl (C=O) groups excluding carboxylic acids is 1. The van der Waals surface area contributed by atoms with E-state index in [1.807, 2.05) is 19.1 Å². The Bertz CT molecular complexity index is 568. The fourth-order valence-electron chi connectivity index (χ4n) is 3.21. The summed E-state index contributed by atoms with van der Waals surface area (Å²) in [6.07, 6.45) is 1.02. The monoisotopic (exact) mass is 342 g/mol. The van der Waals surface area contributed by atoms with Crippen LogP contribution >= 0.6 is 23.2 Å². The smallest absolute Gasteiger partial charge is 0.239 e. The number of rotatable bonds is 3. The second-order valence-electron chi connectivity index (χ2n) is 5.90. The third-order valence-electron chi connectivity index (χ3n) is 4.47. The molecule has 0 spiro atoms. The molecule has 0 saturated carbocycles. The molecule has 0 aliphatic carbocycles. The summed E-state index contributed by atoms with van der Waals surface area (Å²) in [4.78, 5) is 12.6. The van der Waals surface area contributed by atoms with Gasteiger partial charge in [-0.15, -0.1) is 0 Å². The van der Waals surface area contributed by atoms with E-state index in [2.05, 4.69) is 21.5 Å². The van der Waals surface area contributed by atoms with Gasteiger partial charge in [0.15, 0.2) is 0 Å². The van der Waals surface area contributed by atoms with Gasteiger partial charge in [0, 0.05) is 18.5 Å². The van der Waals surface area contributed by atoms with Crippen molar-refractivity contribution in [2.45, 2.75) is 31.5 Å². The molecule has 2 heterocycles. The van der Waals surface area contributed by atoms with Gasteiger partial charge in [-0.2, -0.15) is 0 Å². The number of hydrogen-bond acceptors (Lipinski definition) is 4. The molecule has 4 unspecified atom stereocenters. The number of carbonyl (C=O) groups is 1. The molecule has 0 bridgehead atoms. The van der Waals surface area contributed by atoms with Crippen molar-refractivity contribution in [3.05, 3.63) is 33.8 Å². The Hall–Kier alpha value is -0.850. The Morgan fingerprint density at radius 1 is 1.36 bits per heavy atom. The summed E-state index contributed by atoms with van der Waals surface area (Å²) >= 11 is 12.3. The molecule has 7 heteroatoms. The van der Waals surface area contributed by atoms with Gasteiger partial charge in [0.25, 0.3) is 0 Å². The fraction of sp³-hybridized carbons (Fsp3) is 0.533. The normalized spacial score (nSPS) is 29.0. The van der Waals surface area contributed by atoms with Gasteiger partial charge in [0.2, 0.25) is 5.91 Å². The number of hydrogen-bond donors (Lipinski definition) is 4. The molecule has 0 aromatic heterocycles. The van der Waals surface area contributed by atoms with Crippen molar-refractivity contribution < 1.29 is 4.79 Å². The van der Waals surface area contributed by atoms with Gasteiger partial charge in [-0.25, -0.2) is 5.43 Å². The highest BCUT2D eigenvalue weighted by atomic mass is 35.5. The first kappa shape index (κ1) is 16.0. The van der Waals surface area contributed by atoms with Crippen molar-refractivity contribution in [2.75, 3.05) is 13.1 Å². The quantitative estimate of drug-likeness (QED) is 0.674. The van der Waals surface area contributed by atoms with E-state index in [1.54, 1.807) is 6.07 Å². The van der Waals surface area contributed by atoms with Crippen LogP contribution in [0.15, 0.2) is 18.2 Å². The van der Waals surface area contributed by atoms with Gasteiger partial charge in [-0.3, -0.25) is 10.2 Å². The molecule has 1 aromatic rings. The second-order valence-corrected chi connectivity index (χ2v) is 6.69. The molecule has 4 N–H and O–H groups in total. The first-order valence-corrected chi connectivity index (χ1v) is 8.29. The number of halogens is 2. The molecular weight excluding hydrogens is 323 g/mol. The van der Waals surface area contributed by atoms with Gasteiger partial charge in [-0.05, 0) is 31.5 Å². The minimum atomic E-state index is -0.238. The van der Waals surface area contributed by atoms with E-state index in [4.69, 9.17) is 23.2 Å². The van der Waals surface area contributed by atoms with Crippen molar-refractivity contribution >= 4 is 29.1 Å². The second kappa shape index (κ2) is 6.72. The summed E-state index contributed by atoms with van der Waals surface area (Å²) < 4.78 is 0. The number of amides is 1. The van der Waals surface area contributed by atoms with Crippen LogP contribution in [0.5, 0.6) is 0 Å². The van der Waals surface area contributed by atoms with E-state index in [0.717, 1.165) is 25.1 Å². The molecule has 2 saturated heterocycles. The van der Waals surface area contributed by atoms with E-state index in [9.17, 15) is 4.79 Å². The predicted molar refractivity (Wildman–Crippen MR) is 87.8 cm³/mol. The summed E-state index contributed by atoms with van der Waals surface area (Å²) in [5, 5.41) is 7.36. The van der Waals surface area contributed by atoms with Gasteiger partial charge >= 0.3 is 0 Å². The van der Waals surface area contributed by atoms with Crippen LogP contribution < -0.4 is 21.5 Å². The molecule has 1 amide bonds. The van der Waals surface area contributed by atoms with E-state index in [-0.39, 0.29) is 23.9 Å². The number of piperidine rings is 1. The van der Waals surface area contributed by atoms with Gasteiger partial charge in [0.05, 0.1) is 16.1 Å². The zero-order chi connectivity index (χ0) is 15.7. The average Bonchev–Trinajstić information content (AvgIpc) is 2.94. The summed E-state index contributed by atoms with van der Waals surface area (Å²) in [6, 6.07) is 5.37. The lowest BCUT2D eigenvalue weighted by atomic mass is 9.89. The van der Waals surface area contributed by atoms with Gasteiger partial charge < -0.3 is 10.6 Å². The summed E-state index contributed by atoms with van der Waals surface area (Å²) in [6.45, 7) is 3.74. The number of hydrazine groups is 1. The van der Waals surface area contributed by atoms with Crippen molar-refractivity contribution in [3.63, 3.8) is 0 Å². The lowest BCUT2D eigenvalue weighted by Gasteiger charge is -2.28. The molecule has 5 nitrogen and oxygen atoms in total. The van der Waals surface area contributed by atoms with E-state index in [1.165, 1.54) is 0 Å². The van der Waals surface area contributed by atoms with Crippen molar-refractivity contribution in [3.8, 4) is 0 Å². The zero-order valence-electron chi connectivity index (χ0n) is 12.3. The summed E-state index contributed by atoms with van der Waals surface area (Å²) in [7, 11) is 0. The van der Waals surface area contributed by atoms with Gasteiger partial charge in [0.1, 0.15) is 6.04 Å². The van der Waals surface area contributed by atoms with Crippen LogP contribution in [-0.2, 0) is 4.79 Å². The Labute approximate surface area is 140 Å². The first-order chi connectivity index (χ1) is 10.6. The summed E-state index contributed by atoms with van der Waals surface area (Å²) in [5.74, 6) is 0.239. The molecule has 4 atom stereocenters. The van der Waals surface area contributed by atoms with E-state index < -0.39 is 0 Å². The van der Waals surface area contributed by atoms with Crippen molar-refractivity contribution in [2.24, 2.45) is 5.92 Å². The molecule has 1 aromatic carbocycles. The molecule has 2 aliphatic heterocycles. The minimum absolute atomic E-state index is 0.0211. The minimum Gasteiger partial charge on any atom is -0.348 e. The maximum atomic E-state index is 12.6. The van der Waals surface area contributed by atoms with Crippen LogP contribution in [-0.4, -0.2) is 31.1 Å². The molecule has 3 rings (SSSR count). The summed E-state index contributed by atoms with van der Waals surface area (Å²) in [5.41, 5.74) is 7.17. The van der Waals surface area contributed by atoms with Crippen LogP contribution in [0, 0.1) is 5.92 Å². The Morgan fingerprint density at radius 3 is 3.00 bits per heavy atom. The highest BCUT2D eigenvalue weighted by Gasteiger charge is 2.41. The molecule has 120 valence electrons. The highest BCUT2D eigenvalue weighted by Crippen LogP contribution is 2.30. The van der Waals surface area contributed by atoms with Crippen LogP contribution in [0.2, 0.25) is 10.0 Å². The maximum Gasteiger partial charge on any atom is 0.239 e. The Kier molecular flexibility index (Phi) is 4.90. The fourth-order valence-corrected chi connectivity index (χ4v) is 3.68. The standard InChI is InChI=1S/C15H20Cl2N4O/c1-8(9-3-2-4-11(16)13(9)17)19-15(22)14-10-7-18-6-5-12(10)20-21-14/h2-4,8,10,12,14,18,20-21H,5-7H2,1H3,(H,19,22). The number of benzene rings is 1.